The van der Waals surface area contributed by atoms with Crippen LogP contribution in [0.2, 0.25) is 0 Å². The Labute approximate surface area is 270 Å². The van der Waals surface area contributed by atoms with Crippen LogP contribution in [-0.4, -0.2) is 66.9 Å². The van der Waals surface area contributed by atoms with Gasteiger partial charge in [-0.15, -0.1) is 0 Å². The van der Waals surface area contributed by atoms with Gasteiger partial charge in [-0.3, -0.25) is 9.69 Å². The Balaban J connectivity index is 1.63. The number of nitrogens with one attached hydrogen (secondary N) is 1. The second-order valence-corrected chi connectivity index (χ2v) is 13.8. The summed E-state index contributed by atoms with van der Waals surface area (Å²) in [6, 6.07) is 22.8. The molecule has 3 aromatic carbocycles. The van der Waals surface area contributed by atoms with Gasteiger partial charge >= 0.3 is 6.09 Å². The average Bonchev–Trinajstić information content (AvgIpc) is 3.51. The lowest BCUT2D eigenvalue weighted by Gasteiger charge is -2.49. The number of nitrogens with zero attached hydrogens (tertiary/aromatic N) is 2. The Morgan fingerprint density at radius 3 is 2.22 bits per heavy atom. The second-order valence-electron chi connectivity index (χ2n) is 11.7. The van der Waals surface area contributed by atoms with Gasteiger partial charge in [0.05, 0.1) is 10.6 Å². The van der Waals surface area contributed by atoms with Gasteiger partial charge in [-0.2, -0.15) is 5.06 Å². The molecule has 3 aromatic rings. The van der Waals surface area contributed by atoms with E-state index in [-0.39, 0.29) is 43.7 Å². The van der Waals surface area contributed by atoms with Crippen LogP contribution in [0.1, 0.15) is 45.2 Å². The van der Waals surface area contributed by atoms with E-state index >= 15 is 0 Å². The summed E-state index contributed by atoms with van der Waals surface area (Å²) in [5, 5.41) is 15.6. The van der Waals surface area contributed by atoms with Crippen LogP contribution in [0.3, 0.4) is 0 Å². The van der Waals surface area contributed by atoms with Crippen LogP contribution in [0.15, 0.2) is 83.8 Å². The van der Waals surface area contributed by atoms with Crippen molar-refractivity contribution in [3.05, 3.63) is 90.0 Å². The van der Waals surface area contributed by atoms with Crippen molar-refractivity contribution in [2.75, 3.05) is 25.6 Å². The first-order valence-corrected chi connectivity index (χ1v) is 17.0. The first kappa shape index (κ1) is 34.7. The Hall–Kier alpha value is -4.13. The van der Waals surface area contributed by atoms with Gasteiger partial charge in [0, 0.05) is 31.6 Å². The van der Waals surface area contributed by atoms with Crippen LogP contribution >= 0.6 is 0 Å². The number of carbonyl (C=O) groups excluding carboxylic acids is 2. The fourth-order valence-corrected chi connectivity index (χ4v) is 7.22. The molecule has 0 saturated heterocycles. The average molecular weight is 654 g/mol. The number of hydrogen-bond acceptors (Lipinski definition) is 9. The quantitative estimate of drug-likeness (QED) is 0.167. The molecule has 1 heterocycles. The molecular formula is C34H43N3O8S. The molecule has 1 aliphatic rings. The Morgan fingerprint density at radius 1 is 0.957 bits per heavy atom. The predicted molar refractivity (Wildman–Crippen MR) is 172 cm³/mol. The maximum atomic E-state index is 14.3. The molecule has 0 radical (unpaired) electrons. The van der Waals surface area contributed by atoms with Crippen molar-refractivity contribution in [3.63, 3.8) is 0 Å². The van der Waals surface area contributed by atoms with Crippen molar-refractivity contribution in [1.29, 1.82) is 0 Å². The summed E-state index contributed by atoms with van der Waals surface area (Å²) in [5.74, 6) is -1.46. The molecule has 1 aliphatic heterocycles. The van der Waals surface area contributed by atoms with Crippen LogP contribution in [-0.2, 0) is 32.5 Å². The standard InChI is InChI=1S/C34H43N3O8S/c1-5-18-36(33(39)43-22-28-14-10-7-11-15-28)34(25(2)3,32(38)35-20-27-12-8-6-9-13-27)37(40)21-26(4)23-46(41,42)29-16-17-30-31(19-29)45-24-44-30/h6-17,19,25-26,40H,5,18,20-24H2,1-4H3,(H,35,38)/t26?,34-/m0/s1. The number of rotatable bonds is 15. The lowest BCUT2D eigenvalue weighted by Crippen LogP contribution is -2.72. The van der Waals surface area contributed by atoms with Gasteiger partial charge < -0.3 is 24.7 Å². The van der Waals surface area contributed by atoms with E-state index in [4.69, 9.17) is 14.2 Å². The monoisotopic (exact) mass is 653 g/mol. The summed E-state index contributed by atoms with van der Waals surface area (Å²) in [4.78, 5) is 29.4. The fraction of sp³-hybridized carbons (Fsp3) is 0.412. The summed E-state index contributed by atoms with van der Waals surface area (Å²) in [6.45, 7) is 6.95. The Kier molecular flexibility index (Phi) is 11.7. The van der Waals surface area contributed by atoms with Crippen LogP contribution in [0.5, 0.6) is 11.5 Å². The van der Waals surface area contributed by atoms with E-state index in [9.17, 15) is 23.2 Å². The summed E-state index contributed by atoms with van der Waals surface area (Å²) >= 11 is 0. The third-order valence-corrected chi connectivity index (χ3v) is 9.78. The smallest absolute Gasteiger partial charge is 0.412 e. The minimum atomic E-state index is -3.82. The first-order valence-electron chi connectivity index (χ1n) is 15.4. The lowest BCUT2D eigenvalue weighted by atomic mass is 9.90. The molecular weight excluding hydrogens is 610 g/mol. The minimum absolute atomic E-state index is 0.0143. The molecule has 4 rings (SSSR count). The van der Waals surface area contributed by atoms with Crippen molar-refractivity contribution in [2.45, 2.75) is 57.8 Å². The number of benzene rings is 3. The van der Waals surface area contributed by atoms with E-state index in [0.717, 1.165) is 16.2 Å². The molecule has 2 atom stereocenters. The van der Waals surface area contributed by atoms with Crippen molar-refractivity contribution in [2.24, 2.45) is 11.8 Å². The van der Waals surface area contributed by atoms with Crippen LogP contribution in [0.4, 0.5) is 4.79 Å². The largest absolute Gasteiger partial charge is 0.454 e. The fourth-order valence-electron chi connectivity index (χ4n) is 5.61. The zero-order valence-corrected chi connectivity index (χ0v) is 27.5. The summed E-state index contributed by atoms with van der Waals surface area (Å²) in [7, 11) is -3.82. The molecule has 0 fully saturated rings. The summed E-state index contributed by atoms with van der Waals surface area (Å²) in [5.41, 5.74) is -0.343. The SMILES string of the molecule is CCCN(C(=O)OCc1ccccc1)[C@@](C(=O)NCc1ccccc1)(C(C)C)N(O)CC(C)CS(=O)(=O)c1ccc2c(c1)OCO2. The molecule has 2 amide bonds. The molecule has 248 valence electrons. The van der Waals surface area contributed by atoms with E-state index in [1.165, 1.54) is 17.0 Å². The Morgan fingerprint density at radius 2 is 1.59 bits per heavy atom. The highest BCUT2D eigenvalue weighted by atomic mass is 32.2. The number of ether oxygens (including phenoxy) is 3. The highest BCUT2D eigenvalue weighted by molar-refractivity contribution is 7.91. The number of fused-ring (bicyclic) bond motifs is 1. The molecule has 12 heteroatoms. The van der Waals surface area contributed by atoms with Gasteiger partial charge in [-0.1, -0.05) is 88.4 Å². The molecule has 11 nitrogen and oxygen atoms in total. The number of hydrogen-bond donors (Lipinski definition) is 2. The van der Waals surface area contributed by atoms with E-state index in [0.29, 0.717) is 17.9 Å². The zero-order valence-electron chi connectivity index (χ0n) is 26.7. The van der Waals surface area contributed by atoms with Crippen LogP contribution in [0, 0.1) is 11.8 Å². The van der Waals surface area contributed by atoms with Gasteiger partial charge in [0.2, 0.25) is 12.5 Å². The maximum Gasteiger partial charge on any atom is 0.412 e. The molecule has 0 aromatic heterocycles. The van der Waals surface area contributed by atoms with Crippen molar-refractivity contribution >= 4 is 21.8 Å². The van der Waals surface area contributed by atoms with E-state index in [2.05, 4.69) is 5.32 Å². The normalized spacial score (nSPS) is 14.5. The highest BCUT2D eigenvalue weighted by Gasteiger charge is 2.54. The van der Waals surface area contributed by atoms with Gasteiger partial charge in [0.1, 0.15) is 6.61 Å². The summed E-state index contributed by atoms with van der Waals surface area (Å²) < 4.78 is 43.1. The third kappa shape index (κ3) is 7.98. The van der Waals surface area contributed by atoms with E-state index < -0.39 is 39.3 Å². The number of carbonyl (C=O) groups is 2. The predicted octanol–water partition coefficient (Wildman–Crippen LogP) is 5.23. The number of amides is 2. The summed E-state index contributed by atoms with van der Waals surface area (Å²) in [6.07, 6.45) is -0.322. The molecule has 2 N–H and O–H groups in total. The second kappa shape index (κ2) is 15.4. The highest BCUT2D eigenvalue weighted by Crippen LogP contribution is 2.35. The molecule has 0 spiro atoms. The molecule has 46 heavy (non-hydrogen) atoms. The zero-order chi connectivity index (χ0) is 33.3. The first-order chi connectivity index (χ1) is 22.0. The number of hydroxylamine groups is 2. The number of sulfone groups is 1. The van der Waals surface area contributed by atoms with Crippen LogP contribution in [0.25, 0.3) is 0 Å². The van der Waals surface area contributed by atoms with Crippen molar-refractivity contribution in [1.82, 2.24) is 15.3 Å². The topological polar surface area (TPSA) is 135 Å². The van der Waals surface area contributed by atoms with Crippen molar-refractivity contribution < 1.29 is 37.4 Å². The van der Waals surface area contributed by atoms with Gasteiger partial charge in [0.25, 0.3) is 5.91 Å². The van der Waals surface area contributed by atoms with E-state index in [1.54, 1.807) is 26.8 Å². The van der Waals surface area contributed by atoms with Gasteiger partial charge in [-0.25, -0.2) is 13.2 Å². The lowest BCUT2D eigenvalue weighted by molar-refractivity contribution is -0.238. The van der Waals surface area contributed by atoms with E-state index in [1.807, 2.05) is 67.6 Å². The minimum Gasteiger partial charge on any atom is -0.454 e. The Bertz CT molecular complexity index is 1570. The molecule has 0 bridgehead atoms. The van der Waals surface area contributed by atoms with Crippen LogP contribution < -0.4 is 14.8 Å². The van der Waals surface area contributed by atoms with Gasteiger partial charge in [0.15, 0.2) is 21.3 Å². The third-order valence-electron chi connectivity index (χ3n) is 7.80. The maximum absolute atomic E-state index is 14.3. The van der Waals surface area contributed by atoms with Gasteiger partial charge in [-0.05, 0) is 35.6 Å². The van der Waals surface area contributed by atoms with Crippen molar-refractivity contribution in [3.8, 4) is 11.5 Å². The molecule has 0 aliphatic carbocycles. The molecule has 1 unspecified atom stereocenters. The molecule has 0 saturated carbocycles.